The van der Waals surface area contributed by atoms with Crippen molar-refractivity contribution in [2.24, 2.45) is 0 Å². The van der Waals surface area contributed by atoms with Crippen LogP contribution in [-0.2, 0) is 5.33 Å². The first kappa shape index (κ1) is 14.0. The SMILES string of the molecule is CCN(c1cccc(F)c1)c1ccc(CBr)cc1F. The van der Waals surface area contributed by atoms with Gasteiger partial charge in [0.15, 0.2) is 0 Å². The molecule has 19 heavy (non-hydrogen) atoms. The van der Waals surface area contributed by atoms with Gasteiger partial charge in [0.1, 0.15) is 11.6 Å². The van der Waals surface area contributed by atoms with Gasteiger partial charge in [0.05, 0.1) is 5.69 Å². The van der Waals surface area contributed by atoms with Gasteiger partial charge >= 0.3 is 0 Å². The third-order valence-corrected chi connectivity index (χ3v) is 3.54. The van der Waals surface area contributed by atoms with Gasteiger partial charge in [-0.05, 0) is 42.8 Å². The monoisotopic (exact) mass is 325 g/mol. The molecule has 0 aliphatic carbocycles. The lowest BCUT2D eigenvalue weighted by atomic mass is 10.2. The maximum atomic E-state index is 14.1. The molecule has 2 aromatic carbocycles. The van der Waals surface area contributed by atoms with Gasteiger partial charge in [0.25, 0.3) is 0 Å². The molecule has 2 rings (SSSR count). The second-order valence-corrected chi connectivity index (χ2v) is 4.70. The molecule has 0 saturated carbocycles. The molecule has 100 valence electrons. The Labute approximate surface area is 120 Å². The van der Waals surface area contributed by atoms with E-state index in [0.717, 1.165) is 5.56 Å². The highest BCUT2D eigenvalue weighted by atomic mass is 79.9. The second kappa shape index (κ2) is 6.15. The number of hydrogen-bond acceptors (Lipinski definition) is 1. The van der Waals surface area contributed by atoms with Crippen molar-refractivity contribution < 1.29 is 8.78 Å². The summed E-state index contributed by atoms with van der Waals surface area (Å²) in [6.07, 6.45) is 0. The van der Waals surface area contributed by atoms with Crippen LogP contribution >= 0.6 is 15.9 Å². The average molecular weight is 326 g/mol. The van der Waals surface area contributed by atoms with Crippen LogP contribution in [0, 0.1) is 11.6 Å². The molecule has 0 amide bonds. The zero-order chi connectivity index (χ0) is 13.8. The number of hydrogen-bond donors (Lipinski definition) is 0. The van der Waals surface area contributed by atoms with Gasteiger partial charge in [0.2, 0.25) is 0 Å². The van der Waals surface area contributed by atoms with Crippen LogP contribution in [0.25, 0.3) is 0 Å². The molecule has 0 radical (unpaired) electrons. The van der Waals surface area contributed by atoms with Crippen molar-refractivity contribution in [1.82, 2.24) is 0 Å². The molecule has 4 heteroatoms. The summed E-state index contributed by atoms with van der Waals surface area (Å²) in [6.45, 7) is 2.47. The van der Waals surface area contributed by atoms with E-state index in [1.165, 1.54) is 18.2 Å². The Hall–Kier alpha value is -1.42. The highest BCUT2D eigenvalue weighted by molar-refractivity contribution is 9.08. The fourth-order valence-electron chi connectivity index (χ4n) is 1.99. The van der Waals surface area contributed by atoms with Gasteiger partial charge in [-0.1, -0.05) is 28.1 Å². The van der Waals surface area contributed by atoms with Gasteiger partial charge < -0.3 is 4.90 Å². The largest absolute Gasteiger partial charge is 0.339 e. The molecule has 0 N–H and O–H groups in total. The maximum Gasteiger partial charge on any atom is 0.147 e. The third kappa shape index (κ3) is 3.13. The van der Waals surface area contributed by atoms with Crippen LogP contribution < -0.4 is 4.90 Å². The molecule has 0 bridgehead atoms. The molecule has 2 aromatic rings. The first-order valence-corrected chi connectivity index (χ1v) is 7.15. The fourth-order valence-corrected chi connectivity index (χ4v) is 2.34. The summed E-state index contributed by atoms with van der Waals surface area (Å²) in [4.78, 5) is 1.75. The van der Waals surface area contributed by atoms with Crippen molar-refractivity contribution in [3.63, 3.8) is 0 Å². The van der Waals surface area contributed by atoms with Gasteiger partial charge in [-0.2, -0.15) is 0 Å². The first-order chi connectivity index (χ1) is 9.15. The minimum atomic E-state index is -0.326. The van der Waals surface area contributed by atoms with Crippen molar-refractivity contribution in [1.29, 1.82) is 0 Å². The van der Waals surface area contributed by atoms with Crippen LogP contribution in [0.2, 0.25) is 0 Å². The molecular weight excluding hydrogens is 312 g/mol. The topological polar surface area (TPSA) is 3.24 Å². The van der Waals surface area contributed by atoms with E-state index in [1.54, 1.807) is 23.1 Å². The Morgan fingerprint density at radius 1 is 1.11 bits per heavy atom. The summed E-state index contributed by atoms with van der Waals surface area (Å²) in [5, 5.41) is 0.607. The number of alkyl halides is 1. The Morgan fingerprint density at radius 2 is 1.89 bits per heavy atom. The fraction of sp³-hybridized carbons (Fsp3) is 0.200. The van der Waals surface area contributed by atoms with Crippen LogP contribution in [0.15, 0.2) is 42.5 Å². The summed E-state index contributed by atoms with van der Waals surface area (Å²) in [5.74, 6) is -0.628. The zero-order valence-corrected chi connectivity index (χ0v) is 12.1. The molecular formula is C15H14BrF2N. The lowest BCUT2D eigenvalue weighted by Crippen LogP contribution is -2.17. The number of anilines is 2. The Morgan fingerprint density at radius 3 is 2.47 bits per heavy atom. The van der Waals surface area contributed by atoms with Gasteiger partial charge in [0, 0.05) is 17.6 Å². The number of nitrogens with zero attached hydrogens (tertiary/aromatic N) is 1. The number of halogens is 3. The predicted octanol–water partition coefficient (Wildman–Crippen LogP) is 5.02. The van der Waals surface area contributed by atoms with Crippen LogP contribution in [0.5, 0.6) is 0 Å². The van der Waals surface area contributed by atoms with E-state index in [9.17, 15) is 8.78 Å². The van der Waals surface area contributed by atoms with Crippen molar-refractivity contribution >= 4 is 27.3 Å². The standard InChI is InChI=1S/C15H14BrF2N/c1-2-19(13-5-3-4-12(17)9-13)15-7-6-11(10-16)8-14(15)18/h3-9H,2,10H2,1H3. The molecule has 0 aromatic heterocycles. The van der Waals surface area contributed by atoms with Crippen molar-refractivity contribution in [2.45, 2.75) is 12.3 Å². The van der Waals surface area contributed by atoms with E-state index in [1.807, 2.05) is 13.0 Å². The zero-order valence-electron chi connectivity index (χ0n) is 10.5. The maximum absolute atomic E-state index is 14.1. The van der Waals surface area contributed by atoms with Gasteiger partial charge in [-0.15, -0.1) is 0 Å². The summed E-state index contributed by atoms with van der Waals surface area (Å²) in [7, 11) is 0. The minimum Gasteiger partial charge on any atom is -0.339 e. The molecule has 0 unspecified atom stereocenters. The van der Waals surface area contributed by atoms with Gasteiger partial charge in [-0.25, -0.2) is 8.78 Å². The summed E-state index contributed by atoms with van der Waals surface area (Å²) in [6, 6.07) is 11.2. The lowest BCUT2D eigenvalue weighted by Gasteiger charge is -2.24. The van der Waals surface area contributed by atoms with E-state index in [2.05, 4.69) is 15.9 Å². The molecule has 0 aliphatic heterocycles. The average Bonchev–Trinajstić information content (AvgIpc) is 2.41. The summed E-state index contributed by atoms with van der Waals surface area (Å²) < 4.78 is 27.4. The predicted molar refractivity (Wildman–Crippen MR) is 78.1 cm³/mol. The second-order valence-electron chi connectivity index (χ2n) is 4.14. The van der Waals surface area contributed by atoms with Crippen LogP contribution in [0.3, 0.4) is 0 Å². The summed E-state index contributed by atoms with van der Waals surface area (Å²) >= 11 is 3.29. The molecule has 1 nitrogen and oxygen atoms in total. The Balaban J connectivity index is 2.42. The Kier molecular flexibility index (Phi) is 4.53. The van der Waals surface area contributed by atoms with E-state index in [0.29, 0.717) is 23.2 Å². The highest BCUT2D eigenvalue weighted by Gasteiger charge is 2.13. The quantitative estimate of drug-likeness (QED) is 0.713. The van der Waals surface area contributed by atoms with Crippen LogP contribution in [0.4, 0.5) is 20.2 Å². The molecule has 0 heterocycles. The third-order valence-electron chi connectivity index (χ3n) is 2.89. The summed E-state index contributed by atoms with van der Waals surface area (Å²) in [5.41, 5.74) is 1.97. The van der Waals surface area contributed by atoms with Crippen molar-refractivity contribution in [3.8, 4) is 0 Å². The molecule has 0 spiro atoms. The van der Waals surface area contributed by atoms with Crippen LogP contribution in [0.1, 0.15) is 12.5 Å². The number of benzene rings is 2. The molecule has 0 saturated heterocycles. The van der Waals surface area contributed by atoms with Crippen molar-refractivity contribution in [2.75, 3.05) is 11.4 Å². The van der Waals surface area contributed by atoms with E-state index in [-0.39, 0.29) is 11.6 Å². The molecule has 0 fully saturated rings. The number of rotatable bonds is 4. The van der Waals surface area contributed by atoms with E-state index >= 15 is 0 Å². The van der Waals surface area contributed by atoms with E-state index in [4.69, 9.17) is 0 Å². The smallest absolute Gasteiger partial charge is 0.147 e. The minimum absolute atomic E-state index is 0.303. The lowest BCUT2D eigenvalue weighted by molar-refractivity contribution is 0.621. The Bertz CT molecular complexity index is 572. The highest BCUT2D eigenvalue weighted by Crippen LogP contribution is 2.29. The normalized spacial score (nSPS) is 10.5. The van der Waals surface area contributed by atoms with Crippen molar-refractivity contribution in [3.05, 3.63) is 59.7 Å². The first-order valence-electron chi connectivity index (χ1n) is 6.03. The van der Waals surface area contributed by atoms with E-state index < -0.39 is 0 Å². The van der Waals surface area contributed by atoms with Crippen LogP contribution in [-0.4, -0.2) is 6.54 Å². The molecule has 0 atom stereocenters. The van der Waals surface area contributed by atoms with Gasteiger partial charge in [-0.3, -0.25) is 0 Å². The molecule has 0 aliphatic rings.